The van der Waals surface area contributed by atoms with Gasteiger partial charge in [0.25, 0.3) is 0 Å². The minimum Gasteiger partial charge on any atom is -0.299 e. The molecule has 0 aliphatic heterocycles. The summed E-state index contributed by atoms with van der Waals surface area (Å²) in [5.41, 5.74) is 0.851. The van der Waals surface area contributed by atoms with Crippen LogP contribution in [0.5, 0.6) is 0 Å². The number of allylic oxidation sites excluding steroid dienone is 1. The van der Waals surface area contributed by atoms with Crippen LogP contribution in [0.1, 0.15) is 45.1 Å². The summed E-state index contributed by atoms with van der Waals surface area (Å²) < 4.78 is 0. The van der Waals surface area contributed by atoms with E-state index in [2.05, 4.69) is 32.6 Å². The lowest BCUT2D eigenvalue weighted by Gasteiger charge is -2.30. The van der Waals surface area contributed by atoms with Crippen molar-refractivity contribution >= 4 is 5.78 Å². The number of hydrogen-bond donors (Lipinski definition) is 0. The maximum absolute atomic E-state index is 12.4. The zero-order valence-electron chi connectivity index (χ0n) is 10.9. The second-order valence-corrected chi connectivity index (χ2v) is 4.41. The predicted octanol–water partition coefficient (Wildman–Crippen LogP) is 4.28. The van der Waals surface area contributed by atoms with Crippen molar-refractivity contribution in [1.82, 2.24) is 0 Å². The van der Waals surface area contributed by atoms with E-state index in [4.69, 9.17) is 0 Å². The van der Waals surface area contributed by atoms with Crippen molar-refractivity contribution in [3.63, 3.8) is 0 Å². The normalized spacial score (nSPS) is 11.2. The molecule has 0 N–H and O–H groups in total. The van der Waals surface area contributed by atoms with Gasteiger partial charge in [0.1, 0.15) is 5.78 Å². The van der Waals surface area contributed by atoms with Gasteiger partial charge in [-0.3, -0.25) is 4.79 Å². The Morgan fingerprint density at radius 3 is 2.29 bits per heavy atom. The smallest absolute Gasteiger partial charge is 0.143 e. The lowest BCUT2D eigenvalue weighted by Crippen LogP contribution is -2.34. The molecule has 0 bridgehead atoms. The van der Waals surface area contributed by atoms with Crippen molar-refractivity contribution in [2.45, 2.75) is 44.9 Å². The highest BCUT2D eigenvalue weighted by Gasteiger charge is 2.35. The number of Topliss-reactive ketones (excluding diaryl/α,β-unsaturated/α-hetero) is 1. The second kappa shape index (κ2) is 6.39. The van der Waals surface area contributed by atoms with E-state index in [1.165, 1.54) is 0 Å². The van der Waals surface area contributed by atoms with E-state index >= 15 is 0 Å². The van der Waals surface area contributed by atoms with Gasteiger partial charge in [-0.1, -0.05) is 50.3 Å². The van der Waals surface area contributed by atoms with Crippen molar-refractivity contribution in [3.05, 3.63) is 48.6 Å². The third-order valence-corrected chi connectivity index (χ3v) is 3.64. The van der Waals surface area contributed by atoms with Crippen LogP contribution in [-0.2, 0) is 10.2 Å². The largest absolute Gasteiger partial charge is 0.299 e. The molecule has 0 radical (unpaired) electrons. The van der Waals surface area contributed by atoms with Gasteiger partial charge >= 0.3 is 0 Å². The lowest BCUT2D eigenvalue weighted by atomic mass is 9.71. The summed E-state index contributed by atoms with van der Waals surface area (Å²) in [5.74, 6) is 0.341. The molecule has 0 saturated heterocycles. The minimum atomic E-state index is -0.301. The highest BCUT2D eigenvalue weighted by atomic mass is 16.1. The van der Waals surface area contributed by atoms with E-state index in [0.29, 0.717) is 12.2 Å². The first-order valence-electron chi connectivity index (χ1n) is 6.41. The highest BCUT2D eigenvalue weighted by molar-refractivity contribution is 5.90. The topological polar surface area (TPSA) is 17.1 Å². The summed E-state index contributed by atoms with van der Waals surface area (Å²) >= 11 is 0. The minimum absolute atomic E-state index is 0.301. The molecule has 1 aromatic carbocycles. The Hall–Kier alpha value is -1.37. The highest BCUT2D eigenvalue weighted by Crippen LogP contribution is 2.34. The number of benzene rings is 1. The molecule has 1 nitrogen and oxygen atoms in total. The second-order valence-electron chi connectivity index (χ2n) is 4.41. The summed E-state index contributed by atoms with van der Waals surface area (Å²) in [7, 11) is 0. The zero-order chi connectivity index (χ0) is 12.7. The van der Waals surface area contributed by atoms with Gasteiger partial charge in [-0.25, -0.2) is 0 Å². The number of rotatable bonds is 7. The molecule has 0 spiro atoms. The van der Waals surface area contributed by atoms with Gasteiger partial charge in [-0.2, -0.15) is 0 Å². The predicted molar refractivity (Wildman–Crippen MR) is 73.1 cm³/mol. The maximum atomic E-state index is 12.4. The molecular formula is C16H22O. The van der Waals surface area contributed by atoms with Crippen LogP contribution in [0, 0.1) is 0 Å². The van der Waals surface area contributed by atoms with Crippen LogP contribution in [0.2, 0.25) is 0 Å². The van der Waals surface area contributed by atoms with Gasteiger partial charge in [0, 0.05) is 6.42 Å². The van der Waals surface area contributed by atoms with Crippen LogP contribution in [0.15, 0.2) is 43.0 Å². The Bertz CT molecular complexity index is 360. The van der Waals surface area contributed by atoms with Crippen molar-refractivity contribution in [2.24, 2.45) is 0 Å². The van der Waals surface area contributed by atoms with Crippen molar-refractivity contribution in [2.75, 3.05) is 0 Å². The molecule has 0 aliphatic carbocycles. The van der Waals surface area contributed by atoms with Crippen LogP contribution >= 0.6 is 0 Å². The molecule has 0 saturated carbocycles. The molecule has 17 heavy (non-hydrogen) atoms. The zero-order valence-corrected chi connectivity index (χ0v) is 10.9. The lowest BCUT2D eigenvalue weighted by molar-refractivity contribution is -0.124. The third-order valence-electron chi connectivity index (χ3n) is 3.64. The fourth-order valence-corrected chi connectivity index (χ4v) is 2.44. The summed E-state index contributed by atoms with van der Waals surface area (Å²) in [6.45, 7) is 7.89. The maximum Gasteiger partial charge on any atom is 0.143 e. The van der Waals surface area contributed by atoms with Crippen LogP contribution in [-0.4, -0.2) is 5.78 Å². The van der Waals surface area contributed by atoms with Crippen LogP contribution in [0.25, 0.3) is 0 Å². The molecule has 0 aromatic heterocycles. The SMILES string of the molecule is C=CCCC(=O)C(CC)(CC)c1ccccc1. The molecule has 0 unspecified atom stereocenters. The molecule has 0 heterocycles. The fourth-order valence-electron chi connectivity index (χ4n) is 2.44. The van der Waals surface area contributed by atoms with Gasteiger partial charge < -0.3 is 0 Å². The van der Waals surface area contributed by atoms with E-state index < -0.39 is 0 Å². The van der Waals surface area contributed by atoms with Gasteiger partial charge in [-0.15, -0.1) is 6.58 Å². The Morgan fingerprint density at radius 1 is 1.24 bits per heavy atom. The number of carbonyl (C=O) groups is 1. The number of hydrogen-bond acceptors (Lipinski definition) is 1. The van der Waals surface area contributed by atoms with Crippen LogP contribution in [0.4, 0.5) is 0 Å². The van der Waals surface area contributed by atoms with Crippen LogP contribution < -0.4 is 0 Å². The molecule has 0 amide bonds. The summed E-state index contributed by atoms with van der Waals surface area (Å²) in [5, 5.41) is 0. The van der Waals surface area contributed by atoms with Gasteiger partial charge in [0.15, 0.2) is 0 Å². The average molecular weight is 230 g/mol. The molecule has 0 fully saturated rings. The van der Waals surface area contributed by atoms with Gasteiger partial charge in [-0.05, 0) is 24.8 Å². The average Bonchev–Trinajstić information content (AvgIpc) is 2.39. The summed E-state index contributed by atoms with van der Waals surface area (Å²) in [4.78, 5) is 12.4. The molecule has 0 aliphatic rings. The van der Waals surface area contributed by atoms with Gasteiger partial charge in [0.05, 0.1) is 5.41 Å². The molecule has 0 atom stereocenters. The first-order valence-corrected chi connectivity index (χ1v) is 6.41. The Morgan fingerprint density at radius 2 is 1.82 bits per heavy atom. The number of carbonyl (C=O) groups excluding carboxylic acids is 1. The molecule has 92 valence electrons. The van der Waals surface area contributed by atoms with Crippen molar-refractivity contribution < 1.29 is 4.79 Å². The molecule has 1 aromatic rings. The first-order chi connectivity index (χ1) is 8.21. The monoisotopic (exact) mass is 230 g/mol. The summed E-state index contributed by atoms with van der Waals surface area (Å²) in [6.07, 6.45) is 4.92. The first kappa shape index (κ1) is 13.7. The Labute approximate surface area is 105 Å². The van der Waals surface area contributed by atoms with E-state index in [9.17, 15) is 4.79 Å². The van der Waals surface area contributed by atoms with E-state index in [0.717, 1.165) is 24.8 Å². The number of ketones is 1. The van der Waals surface area contributed by atoms with E-state index in [-0.39, 0.29) is 5.41 Å². The van der Waals surface area contributed by atoms with Crippen molar-refractivity contribution in [1.29, 1.82) is 0 Å². The fraction of sp³-hybridized carbons (Fsp3) is 0.438. The quantitative estimate of drug-likeness (QED) is 0.639. The summed E-state index contributed by atoms with van der Waals surface area (Å²) in [6, 6.07) is 10.2. The standard InChI is InChI=1S/C16H22O/c1-4-7-13-15(17)16(5-2,6-3)14-11-9-8-10-12-14/h4,8-12H,1,5-7,13H2,2-3H3. The van der Waals surface area contributed by atoms with Crippen LogP contribution in [0.3, 0.4) is 0 Å². The Kier molecular flexibility index (Phi) is 5.14. The third kappa shape index (κ3) is 2.85. The molecule has 1 heteroatoms. The Balaban J connectivity index is 3.04. The van der Waals surface area contributed by atoms with E-state index in [1.54, 1.807) is 0 Å². The van der Waals surface area contributed by atoms with Crippen molar-refractivity contribution in [3.8, 4) is 0 Å². The van der Waals surface area contributed by atoms with E-state index in [1.807, 2.05) is 24.3 Å². The van der Waals surface area contributed by atoms with Gasteiger partial charge in [0.2, 0.25) is 0 Å². The molecular weight excluding hydrogens is 208 g/mol. The molecule has 1 rings (SSSR count).